The molecular formula is C16H26O2. The molecule has 1 saturated heterocycles. The lowest BCUT2D eigenvalue weighted by Gasteiger charge is -2.39. The maximum absolute atomic E-state index is 9.94. The summed E-state index contributed by atoms with van der Waals surface area (Å²) in [7, 11) is 0. The van der Waals surface area contributed by atoms with Crippen LogP contribution in [0.25, 0.3) is 0 Å². The molecule has 0 amide bonds. The summed E-state index contributed by atoms with van der Waals surface area (Å²) in [5, 5.41) is 9.94. The van der Waals surface area contributed by atoms with Crippen molar-refractivity contribution in [2.24, 2.45) is 5.92 Å². The third kappa shape index (κ3) is 2.65. The molecular weight excluding hydrogens is 224 g/mol. The van der Waals surface area contributed by atoms with Crippen LogP contribution in [0, 0.1) is 5.92 Å². The van der Waals surface area contributed by atoms with Crippen molar-refractivity contribution in [1.29, 1.82) is 0 Å². The Morgan fingerprint density at radius 3 is 2.78 bits per heavy atom. The minimum absolute atomic E-state index is 0.190. The van der Waals surface area contributed by atoms with Crippen LogP contribution < -0.4 is 0 Å². The van der Waals surface area contributed by atoms with Crippen LogP contribution in [0.5, 0.6) is 0 Å². The van der Waals surface area contributed by atoms with Crippen molar-refractivity contribution in [2.45, 2.75) is 75.9 Å². The molecule has 2 heteroatoms. The monoisotopic (exact) mass is 250 g/mol. The second-order valence-electron chi connectivity index (χ2n) is 6.48. The molecule has 1 N–H and O–H groups in total. The predicted molar refractivity (Wildman–Crippen MR) is 72.4 cm³/mol. The molecule has 2 aliphatic carbocycles. The van der Waals surface area contributed by atoms with Gasteiger partial charge in [-0.05, 0) is 50.9 Å². The van der Waals surface area contributed by atoms with E-state index < -0.39 is 0 Å². The van der Waals surface area contributed by atoms with Crippen LogP contribution in [-0.2, 0) is 4.74 Å². The Morgan fingerprint density at radius 2 is 1.94 bits per heavy atom. The van der Waals surface area contributed by atoms with Crippen LogP contribution in [0.15, 0.2) is 11.6 Å². The molecule has 0 aromatic heterocycles. The number of ether oxygens (including phenoxy) is 1. The van der Waals surface area contributed by atoms with Gasteiger partial charge in [0.05, 0.1) is 11.7 Å². The Morgan fingerprint density at radius 1 is 1.11 bits per heavy atom. The molecule has 0 aromatic rings. The van der Waals surface area contributed by atoms with Crippen LogP contribution in [0.4, 0.5) is 0 Å². The molecule has 102 valence electrons. The average molecular weight is 250 g/mol. The fourth-order valence-corrected chi connectivity index (χ4v) is 4.15. The highest BCUT2D eigenvalue weighted by atomic mass is 16.5. The molecule has 3 aliphatic rings. The van der Waals surface area contributed by atoms with Crippen LogP contribution >= 0.6 is 0 Å². The van der Waals surface area contributed by atoms with Crippen molar-refractivity contribution in [3.63, 3.8) is 0 Å². The number of aliphatic hydroxyl groups excluding tert-OH is 1. The van der Waals surface area contributed by atoms with E-state index in [1.165, 1.54) is 63.4 Å². The van der Waals surface area contributed by atoms with Gasteiger partial charge in [-0.15, -0.1) is 0 Å². The Labute approximate surface area is 110 Å². The first-order valence-corrected chi connectivity index (χ1v) is 7.80. The smallest absolute Gasteiger partial charge is 0.0723 e. The number of hydrogen-bond donors (Lipinski definition) is 1. The van der Waals surface area contributed by atoms with E-state index in [1.54, 1.807) is 0 Å². The minimum Gasteiger partial charge on any atom is -0.389 e. The molecule has 1 spiro atoms. The largest absolute Gasteiger partial charge is 0.389 e. The van der Waals surface area contributed by atoms with Gasteiger partial charge in [-0.1, -0.05) is 30.9 Å². The first kappa shape index (κ1) is 12.7. The summed E-state index contributed by atoms with van der Waals surface area (Å²) >= 11 is 0. The van der Waals surface area contributed by atoms with Gasteiger partial charge in [-0.25, -0.2) is 0 Å². The topological polar surface area (TPSA) is 29.5 Å². The lowest BCUT2D eigenvalue weighted by molar-refractivity contribution is -0.0874. The Hall–Kier alpha value is -0.340. The van der Waals surface area contributed by atoms with Crippen LogP contribution in [0.1, 0.15) is 64.2 Å². The molecule has 0 aromatic carbocycles. The zero-order valence-corrected chi connectivity index (χ0v) is 11.4. The van der Waals surface area contributed by atoms with Crippen molar-refractivity contribution >= 4 is 0 Å². The van der Waals surface area contributed by atoms with Gasteiger partial charge in [0, 0.05) is 6.61 Å². The zero-order valence-electron chi connectivity index (χ0n) is 11.4. The summed E-state index contributed by atoms with van der Waals surface area (Å²) in [4.78, 5) is 0. The van der Waals surface area contributed by atoms with E-state index in [-0.39, 0.29) is 11.7 Å². The van der Waals surface area contributed by atoms with Crippen molar-refractivity contribution in [1.82, 2.24) is 0 Å². The van der Waals surface area contributed by atoms with Gasteiger partial charge in [-0.3, -0.25) is 0 Å². The number of rotatable bonds is 1. The molecule has 2 fully saturated rings. The fourth-order valence-electron chi connectivity index (χ4n) is 4.15. The maximum Gasteiger partial charge on any atom is 0.0723 e. The second kappa shape index (κ2) is 5.34. The van der Waals surface area contributed by atoms with E-state index in [0.717, 1.165) is 13.0 Å². The number of aliphatic hydroxyl groups is 1. The number of hydrogen-bond acceptors (Lipinski definition) is 2. The third-order valence-electron chi connectivity index (χ3n) is 5.15. The molecule has 18 heavy (non-hydrogen) atoms. The van der Waals surface area contributed by atoms with Gasteiger partial charge < -0.3 is 9.84 Å². The Balaban J connectivity index is 1.71. The lowest BCUT2D eigenvalue weighted by Crippen LogP contribution is -2.37. The van der Waals surface area contributed by atoms with E-state index >= 15 is 0 Å². The second-order valence-corrected chi connectivity index (χ2v) is 6.48. The summed E-state index contributed by atoms with van der Waals surface area (Å²) in [6.07, 6.45) is 14.2. The van der Waals surface area contributed by atoms with Crippen molar-refractivity contribution in [2.75, 3.05) is 6.61 Å². The third-order valence-corrected chi connectivity index (χ3v) is 5.15. The normalized spacial score (nSPS) is 36.4. The van der Waals surface area contributed by atoms with Crippen LogP contribution in [-0.4, -0.2) is 23.4 Å². The summed E-state index contributed by atoms with van der Waals surface area (Å²) in [5.74, 6) is 0.685. The Kier molecular flexibility index (Phi) is 3.76. The van der Waals surface area contributed by atoms with E-state index in [0.29, 0.717) is 5.92 Å². The minimum atomic E-state index is -0.190. The average Bonchev–Trinajstić information content (AvgIpc) is 2.69. The summed E-state index contributed by atoms with van der Waals surface area (Å²) < 4.78 is 6.12. The predicted octanol–water partition coefficient (Wildman–Crippen LogP) is 3.59. The van der Waals surface area contributed by atoms with Crippen LogP contribution in [0.2, 0.25) is 0 Å². The molecule has 2 unspecified atom stereocenters. The first-order chi connectivity index (χ1) is 8.77. The highest BCUT2D eigenvalue weighted by molar-refractivity contribution is 5.13. The van der Waals surface area contributed by atoms with E-state index in [9.17, 15) is 5.11 Å². The van der Waals surface area contributed by atoms with Crippen LogP contribution in [0.3, 0.4) is 0 Å². The van der Waals surface area contributed by atoms with Crippen molar-refractivity contribution in [3.8, 4) is 0 Å². The molecule has 1 saturated carbocycles. The van der Waals surface area contributed by atoms with Gasteiger partial charge in [0.1, 0.15) is 0 Å². The van der Waals surface area contributed by atoms with Gasteiger partial charge in [0.2, 0.25) is 0 Å². The summed E-state index contributed by atoms with van der Waals surface area (Å²) in [6, 6.07) is 0. The molecule has 1 heterocycles. The quantitative estimate of drug-likeness (QED) is 0.721. The van der Waals surface area contributed by atoms with Crippen molar-refractivity contribution in [3.05, 3.63) is 11.6 Å². The molecule has 2 nitrogen and oxygen atoms in total. The molecule has 0 radical (unpaired) electrons. The van der Waals surface area contributed by atoms with E-state index in [4.69, 9.17) is 4.74 Å². The first-order valence-electron chi connectivity index (χ1n) is 7.80. The highest BCUT2D eigenvalue weighted by Crippen LogP contribution is 2.45. The number of allylic oxidation sites excluding steroid dienone is 1. The lowest BCUT2D eigenvalue weighted by atomic mass is 9.79. The summed E-state index contributed by atoms with van der Waals surface area (Å²) in [5.41, 5.74) is 1.75. The molecule has 1 aliphatic heterocycles. The summed E-state index contributed by atoms with van der Waals surface area (Å²) in [6.45, 7) is 0.929. The maximum atomic E-state index is 9.94. The molecule has 0 bridgehead atoms. The van der Waals surface area contributed by atoms with Gasteiger partial charge in [-0.2, -0.15) is 0 Å². The van der Waals surface area contributed by atoms with E-state index in [1.807, 2.05) is 0 Å². The molecule has 2 atom stereocenters. The van der Waals surface area contributed by atoms with Crippen molar-refractivity contribution < 1.29 is 9.84 Å². The standard InChI is InChI=1S/C16H26O2/c17-15-6-2-1-5-13(11-15)14-7-10-18-16(12-14)8-3-4-9-16/h11,14-15,17H,1-10,12H2. The SMILES string of the molecule is OC1C=C(C2CCOC3(CCCC3)C2)CCCC1. The van der Waals surface area contributed by atoms with E-state index in [2.05, 4.69) is 6.08 Å². The van der Waals surface area contributed by atoms with Gasteiger partial charge in [0.15, 0.2) is 0 Å². The molecule has 3 rings (SSSR count). The van der Waals surface area contributed by atoms with Gasteiger partial charge in [0.25, 0.3) is 0 Å². The highest BCUT2D eigenvalue weighted by Gasteiger charge is 2.40. The van der Waals surface area contributed by atoms with Gasteiger partial charge >= 0.3 is 0 Å². The Bertz CT molecular complexity index is 315. The zero-order chi connectivity index (χ0) is 12.4. The fraction of sp³-hybridized carbons (Fsp3) is 0.875.